The summed E-state index contributed by atoms with van der Waals surface area (Å²) >= 11 is 0. The number of rotatable bonds is 5. The maximum absolute atomic E-state index is 4.71. The summed E-state index contributed by atoms with van der Waals surface area (Å²) in [6.45, 7) is 7.63. The molecule has 0 radical (unpaired) electrons. The van der Waals surface area contributed by atoms with Crippen molar-refractivity contribution < 1.29 is 0 Å². The van der Waals surface area contributed by atoms with Crippen LogP contribution in [-0.4, -0.2) is 28.9 Å². The highest BCUT2D eigenvalue weighted by Crippen LogP contribution is 2.40. The first-order valence-corrected chi connectivity index (χ1v) is 8.72. The van der Waals surface area contributed by atoms with Crippen molar-refractivity contribution in [1.29, 1.82) is 0 Å². The number of anilines is 1. The van der Waals surface area contributed by atoms with Gasteiger partial charge >= 0.3 is 0 Å². The summed E-state index contributed by atoms with van der Waals surface area (Å²) in [6.07, 6.45) is 8.19. The van der Waals surface area contributed by atoms with Crippen molar-refractivity contribution in [3.05, 3.63) is 11.3 Å². The van der Waals surface area contributed by atoms with Crippen molar-refractivity contribution in [2.75, 3.05) is 18.0 Å². The molecule has 21 heavy (non-hydrogen) atoms. The Morgan fingerprint density at radius 1 is 1.24 bits per heavy atom. The Hall–Kier alpha value is -1.03. The van der Waals surface area contributed by atoms with Crippen LogP contribution in [0.1, 0.15) is 56.7 Å². The SMILES string of the molecule is CCCNCc1c(C)nn(C)c1N1CCC2CCCCC21. The highest BCUT2D eigenvalue weighted by molar-refractivity contribution is 5.52. The molecule has 4 heteroatoms. The third-order valence-electron chi connectivity index (χ3n) is 5.32. The lowest BCUT2D eigenvalue weighted by atomic mass is 9.85. The number of aromatic nitrogens is 2. The van der Waals surface area contributed by atoms with Gasteiger partial charge in [-0.25, -0.2) is 0 Å². The van der Waals surface area contributed by atoms with Gasteiger partial charge in [0, 0.05) is 31.7 Å². The third kappa shape index (κ3) is 2.83. The lowest BCUT2D eigenvalue weighted by Crippen LogP contribution is -2.36. The molecule has 4 nitrogen and oxygen atoms in total. The van der Waals surface area contributed by atoms with Gasteiger partial charge in [0.1, 0.15) is 5.82 Å². The number of hydrogen-bond acceptors (Lipinski definition) is 3. The Kier molecular flexibility index (Phi) is 4.53. The van der Waals surface area contributed by atoms with Gasteiger partial charge in [-0.2, -0.15) is 5.10 Å². The summed E-state index contributed by atoms with van der Waals surface area (Å²) in [4.78, 5) is 2.67. The molecule has 0 aromatic carbocycles. The predicted molar refractivity (Wildman–Crippen MR) is 87.7 cm³/mol. The van der Waals surface area contributed by atoms with E-state index in [1.165, 1.54) is 62.1 Å². The molecular weight excluding hydrogens is 260 g/mol. The molecule has 1 aliphatic carbocycles. The molecule has 1 saturated heterocycles. The lowest BCUT2D eigenvalue weighted by molar-refractivity contribution is 0.340. The van der Waals surface area contributed by atoms with E-state index in [-0.39, 0.29) is 0 Å². The minimum Gasteiger partial charge on any atom is -0.353 e. The Morgan fingerprint density at radius 3 is 2.86 bits per heavy atom. The number of nitrogens with one attached hydrogen (secondary N) is 1. The molecule has 2 heterocycles. The number of aryl methyl sites for hydroxylation is 2. The minimum absolute atomic E-state index is 0.762. The first-order chi connectivity index (χ1) is 10.2. The zero-order valence-electron chi connectivity index (χ0n) is 13.9. The molecule has 1 N–H and O–H groups in total. The number of fused-ring (bicyclic) bond motifs is 1. The van der Waals surface area contributed by atoms with E-state index in [2.05, 4.69) is 35.8 Å². The van der Waals surface area contributed by atoms with Crippen LogP contribution < -0.4 is 10.2 Å². The highest BCUT2D eigenvalue weighted by atomic mass is 15.4. The monoisotopic (exact) mass is 290 g/mol. The van der Waals surface area contributed by atoms with Crippen LogP contribution in [0.25, 0.3) is 0 Å². The van der Waals surface area contributed by atoms with Crippen molar-refractivity contribution in [3.8, 4) is 0 Å². The quantitative estimate of drug-likeness (QED) is 0.846. The van der Waals surface area contributed by atoms with E-state index in [0.29, 0.717) is 0 Å². The molecule has 1 aliphatic heterocycles. The molecule has 2 fully saturated rings. The zero-order chi connectivity index (χ0) is 14.8. The smallest absolute Gasteiger partial charge is 0.131 e. The molecule has 2 atom stereocenters. The molecule has 0 bridgehead atoms. The Labute approximate surface area is 128 Å². The topological polar surface area (TPSA) is 33.1 Å². The summed E-state index contributed by atoms with van der Waals surface area (Å²) in [5, 5.41) is 8.27. The summed E-state index contributed by atoms with van der Waals surface area (Å²) in [7, 11) is 2.11. The van der Waals surface area contributed by atoms with Crippen LogP contribution in [0.2, 0.25) is 0 Å². The van der Waals surface area contributed by atoms with E-state index in [0.717, 1.165) is 25.0 Å². The average Bonchev–Trinajstić information content (AvgIpc) is 3.01. The Morgan fingerprint density at radius 2 is 2.05 bits per heavy atom. The molecule has 0 amide bonds. The van der Waals surface area contributed by atoms with Crippen LogP contribution in [0.3, 0.4) is 0 Å². The second-order valence-electron chi connectivity index (χ2n) is 6.78. The standard InChI is InChI=1S/C17H30N4/c1-4-10-18-12-15-13(2)19-20(3)17(15)21-11-9-14-7-5-6-8-16(14)21/h14,16,18H,4-12H2,1-3H3. The van der Waals surface area contributed by atoms with Crippen LogP contribution in [0.4, 0.5) is 5.82 Å². The fourth-order valence-electron chi connectivity index (χ4n) is 4.32. The maximum Gasteiger partial charge on any atom is 0.131 e. The molecule has 2 aliphatic rings. The second-order valence-corrected chi connectivity index (χ2v) is 6.78. The largest absolute Gasteiger partial charge is 0.353 e. The van der Waals surface area contributed by atoms with Gasteiger partial charge in [0.2, 0.25) is 0 Å². The van der Waals surface area contributed by atoms with Crippen molar-refractivity contribution in [2.24, 2.45) is 13.0 Å². The zero-order valence-corrected chi connectivity index (χ0v) is 13.9. The third-order valence-corrected chi connectivity index (χ3v) is 5.32. The van der Waals surface area contributed by atoms with E-state index >= 15 is 0 Å². The fraction of sp³-hybridized carbons (Fsp3) is 0.824. The van der Waals surface area contributed by atoms with Crippen molar-refractivity contribution in [3.63, 3.8) is 0 Å². The molecular formula is C17H30N4. The molecule has 1 saturated carbocycles. The first kappa shape index (κ1) is 14.9. The number of nitrogens with zero attached hydrogens (tertiary/aromatic N) is 3. The Balaban J connectivity index is 1.83. The fourth-order valence-corrected chi connectivity index (χ4v) is 4.32. The summed E-state index contributed by atoms with van der Waals surface area (Å²) < 4.78 is 2.12. The molecule has 3 rings (SSSR count). The van der Waals surface area contributed by atoms with Gasteiger partial charge < -0.3 is 10.2 Å². The average molecular weight is 290 g/mol. The van der Waals surface area contributed by atoms with Gasteiger partial charge in [0.25, 0.3) is 0 Å². The summed E-state index contributed by atoms with van der Waals surface area (Å²) in [6, 6.07) is 0.762. The number of hydrogen-bond donors (Lipinski definition) is 1. The highest BCUT2D eigenvalue weighted by Gasteiger charge is 2.38. The van der Waals surface area contributed by atoms with Gasteiger partial charge in [0.05, 0.1) is 5.69 Å². The van der Waals surface area contributed by atoms with E-state index in [1.807, 2.05) is 0 Å². The normalized spacial score (nSPS) is 25.4. The van der Waals surface area contributed by atoms with E-state index in [4.69, 9.17) is 5.10 Å². The van der Waals surface area contributed by atoms with E-state index < -0.39 is 0 Å². The van der Waals surface area contributed by atoms with Crippen molar-refractivity contribution in [2.45, 2.75) is 65.0 Å². The molecule has 0 spiro atoms. The Bertz CT molecular complexity index is 479. The molecule has 2 unspecified atom stereocenters. The minimum atomic E-state index is 0.762. The van der Waals surface area contributed by atoms with Crippen molar-refractivity contribution in [1.82, 2.24) is 15.1 Å². The lowest BCUT2D eigenvalue weighted by Gasteiger charge is -2.33. The van der Waals surface area contributed by atoms with E-state index in [1.54, 1.807) is 0 Å². The first-order valence-electron chi connectivity index (χ1n) is 8.72. The van der Waals surface area contributed by atoms with Crippen LogP contribution in [-0.2, 0) is 13.6 Å². The van der Waals surface area contributed by atoms with Gasteiger partial charge in [-0.1, -0.05) is 19.8 Å². The van der Waals surface area contributed by atoms with Gasteiger partial charge in [0.15, 0.2) is 0 Å². The molecule has 1 aromatic rings. The summed E-state index contributed by atoms with van der Waals surface area (Å²) in [5.74, 6) is 2.30. The molecule has 1 aromatic heterocycles. The predicted octanol–water partition coefficient (Wildman–Crippen LogP) is 3.00. The van der Waals surface area contributed by atoms with E-state index in [9.17, 15) is 0 Å². The van der Waals surface area contributed by atoms with Crippen LogP contribution in [0, 0.1) is 12.8 Å². The van der Waals surface area contributed by atoms with Crippen LogP contribution in [0.5, 0.6) is 0 Å². The van der Waals surface area contributed by atoms with Crippen molar-refractivity contribution >= 4 is 5.82 Å². The van der Waals surface area contributed by atoms with Gasteiger partial charge in [-0.15, -0.1) is 0 Å². The van der Waals surface area contributed by atoms with Gasteiger partial charge in [-0.3, -0.25) is 4.68 Å². The maximum atomic E-state index is 4.71. The molecule has 118 valence electrons. The second kappa shape index (κ2) is 6.39. The van der Waals surface area contributed by atoms with Gasteiger partial charge in [-0.05, 0) is 45.1 Å². The van der Waals surface area contributed by atoms with Crippen LogP contribution >= 0.6 is 0 Å². The van der Waals surface area contributed by atoms with Crippen LogP contribution in [0.15, 0.2) is 0 Å². The summed E-state index contributed by atoms with van der Waals surface area (Å²) in [5.41, 5.74) is 2.60.